The molecule has 1 heterocycles. The van der Waals surface area contributed by atoms with Gasteiger partial charge in [0.05, 0.1) is 19.2 Å². The third kappa shape index (κ3) is 5.17. The van der Waals surface area contributed by atoms with Crippen LogP contribution in [0.25, 0.3) is 0 Å². The molecule has 1 aromatic heterocycles. The molecule has 0 saturated heterocycles. The van der Waals surface area contributed by atoms with Crippen molar-refractivity contribution in [3.8, 4) is 0 Å². The standard InChI is InChI=1S/C10H17N3O2/c1-9(2)15-10(14)8-11-5-7-13-6-3-4-12-13/h3-4,6,9,11H,5,7-8H2,1-2H3. The highest BCUT2D eigenvalue weighted by Crippen LogP contribution is 1.87. The molecule has 0 saturated carbocycles. The lowest BCUT2D eigenvalue weighted by Crippen LogP contribution is -2.29. The lowest BCUT2D eigenvalue weighted by molar-refractivity contribution is -0.146. The molecule has 0 aromatic carbocycles. The zero-order valence-electron chi connectivity index (χ0n) is 9.14. The third-order valence-electron chi connectivity index (χ3n) is 1.71. The number of nitrogens with zero attached hydrogens (tertiary/aromatic N) is 2. The van der Waals surface area contributed by atoms with E-state index in [1.54, 1.807) is 10.9 Å². The molecular weight excluding hydrogens is 194 g/mol. The van der Waals surface area contributed by atoms with Crippen LogP contribution in [0.1, 0.15) is 13.8 Å². The van der Waals surface area contributed by atoms with E-state index in [4.69, 9.17) is 4.74 Å². The van der Waals surface area contributed by atoms with Crippen LogP contribution in [0.15, 0.2) is 18.5 Å². The maximum absolute atomic E-state index is 11.1. The molecule has 1 aromatic rings. The van der Waals surface area contributed by atoms with Crippen LogP contribution in [0.5, 0.6) is 0 Å². The van der Waals surface area contributed by atoms with Gasteiger partial charge in [-0.15, -0.1) is 0 Å². The Balaban J connectivity index is 2.04. The molecule has 1 rings (SSSR count). The molecule has 0 aliphatic rings. The van der Waals surface area contributed by atoms with Gasteiger partial charge in [0.1, 0.15) is 0 Å². The topological polar surface area (TPSA) is 56.1 Å². The zero-order valence-corrected chi connectivity index (χ0v) is 9.14. The number of ether oxygens (including phenoxy) is 1. The Labute approximate surface area is 89.4 Å². The fraction of sp³-hybridized carbons (Fsp3) is 0.600. The van der Waals surface area contributed by atoms with Crippen molar-refractivity contribution < 1.29 is 9.53 Å². The summed E-state index contributed by atoms with van der Waals surface area (Å²) < 4.78 is 6.77. The van der Waals surface area contributed by atoms with Crippen LogP contribution in [0, 0.1) is 0 Å². The number of aromatic nitrogens is 2. The fourth-order valence-electron chi connectivity index (χ4n) is 1.12. The molecule has 5 heteroatoms. The summed E-state index contributed by atoms with van der Waals surface area (Å²) in [7, 11) is 0. The van der Waals surface area contributed by atoms with E-state index in [2.05, 4.69) is 10.4 Å². The Morgan fingerprint density at radius 2 is 2.40 bits per heavy atom. The van der Waals surface area contributed by atoms with Crippen LogP contribution in [0.3, 0.4) is 0 Å². The largest absolute Gasteiger partial charge is 0.462 e. The molecule has 1 N–H and O–H groups in total. The van der Waals surface area contributed by atoms with Gasteiger partial charge in [-0.1, -0.05) is 0 Å². The maximum Gasteiger partial charge on any atom is 0.320 e. The molecular formula is C10H17N3O2. The summed E-state index contributed by atoms with van der Waals surface area (Å²) in [5.41, 5.74) is 0. The van der Waals surface area contributed by atoms with Gasteiger partial charge in [0, 0.05) is 18.9 Å². The molecule has 5 nitrogen and oxygen atoms in total. The Morgan fingerprint density at radius 1 is 1.60 bits per heavy atom. The van der Waals surface area contributed by atoms with Gasteiger partial charge in [-0.2, -0.15) is 5.10 Å². The van der Waals surface area contributed by atoms with Crippen LogP contribution >= 0.6 is 0 Å². The summed E-state index contributed by atoms with van der Waals surface area (Å²) >= 11 is 0. The van der Waals surface area contributed by atoms with Gasteiger partial charge in [0.15, 0.2) is 0 Å². The summed E-state index contributed by atoms with van der Waals surface area (Å²) in [6.45, 7) is 5.37. The smallest absolute Gasteiger partial charge is 0.320 e. The highest BCUT2D eigenvalue weighted by molar-refractivity contribution is 5.71. The van der Waals surface area contributed by atoms with Gasteiger partial charge in [-0.25, -0.2) is 0 Å². The van der Waals surface area contributed by atoms with Crippen LogP contribution < -0.4 is 5.32 Å². The van der Waals surface area contributed by atoms with E-state index < -0.39 is 0 Å². The number of carbonyl (C=O) groups excluding carboxylic acids is 1. The van der Waals surface area contributed by atoms with Gasteiger partial charge in [0.25, 0.3) is 0 Å². The van der Waals surface area contributed by atoms with Crippen molar-refractivity contribution in [2.75, 3.05) is 13.1 Å². The molecule has 0 unspecified atom stereocenters. The zero-order chi connectivity index (χ0) is 11.1. The third-order valence-corrected chi connectivity index (χ3v) is 1.71. The van der Waals surface area contributed by atoms with Gasteiger partial charge in [0.2, 0.25) is 0 Å². The summed E-state index contributed by atoms with van der Waals surface area (Å²) in [6.07, 6.45) is 3.56. The molecule has 84 valence electrons. The molecule has 15 heavy (non-hydrogen) atoms. The monoisotopic (exact) mass is 211 g/mol. The number of carbonyl (C=O) groups is 1. The summed E-state index contributed by atoms with van der Waals surface area (Å²) in [5.74, 6) is -0.217. The Morgan fingerprint density at radius 3 is 3.00 bits per heavy atom. The van der Waals surface area contributed by atoms with E-state index in [-0.39, 0.29) is 18.6 Å². The first-order valence-corrected chi connectivity index (χ1v) is 5.06. The van der Waals surface area contributed by atoms with Crippen LogP contribution in [0.4, 0.5) is 0 Å². The minimum absolute atomic E-state index is 0.0505. The molecule has 0 radical (unpaired) electrons. The average Bonchev–Trinajstić information content (AvgIpc) is 2.63. The van der Waals surface area contributed by atoms with Crippen LogP contribution in [-0.4, -0.2) is 34.9 Å². The van der Waals surface area contributed by atoms with E-state index in [1.165, 1.54) is 0 Å². The minimum atomic E-state index is -0.217. The molecule has 0 atom stereocenters. The number of rotatable bonds is 6. The SMILES string of the molecule is CC(C)OC(=O)CNCCn1cccn1. The van der Waals surface area contributed by atoms with Crippen molar-refractivity contribution >= 4 is 5.97 Å². The van der Waals surface area contributed by atoms with E-state index >= 15 is 0 Å². The number of nitrogens with one attached hydrogen (secondary N) is 1. The molecule has 0 fully saturated rings. The van der Waals surface area contributed by atoms with E-state index in [9.17, 15) is 4.79 Å². The summed E-state index contributed by atoms with van der Waals surface area (Å²) in [4.78, 5) is 11.1. The van der Waals surface area contributed by atoms with Gasteiger partial charge >= 0.3 is 5.97 Å². The molecule has 0 spiro atoms. The minimum Gasteiger partial charge on any atom is -0.462 e. The van der Waals surface area contributed by atoms with Gasteiger partial charge in [-0.05, 0) is 19.9 Å². The van der Waals surface area contributed by atoms with Gasteiger partial charge in [-0.3, -0.25) is 9.48 Å². The summed E-state index contributed by atoms with van der Waals surface area (Å²) in [5, 5.41) is 7.04. The number of hydrogen-bond donors (Lipinski definition) is 1. The molecule has 0 bridgehead atoms. The second-order valence-corrected chi connectivity index (χ2v) is 3.48. The lowest BCUT2D eigenvalue weighted by Gasteiger charge is -2.08. The van der Waals surface area contributed by atoms with Crippen molar-refractivity contribution in [2.24, 2.45) is 0 Å². The molecule has 0 amide bonds. The Hall–Kier alpha value is -1.36. The van der Waals surface area contributed by atoms with E-state index in [1.807, 2.05) is 26.1 Å². The predicted octanol–water partition coefficient (Wildman–Crippen LogP) is 0.424. The lowest BCUT2D eigenvalue weighted by atomic mass is 10.5. The second kappa shape index (κ2) is 6.19. The maximum atomic E-state index is 11.1. The first kappa shape index (κ1) is 11.7. The van der Waals surface area contributed by atoms with Crippen molar-refractivity contribution in [1.82, 2.24) is 15.1 Å². The van der Waals surface area contributed by atoms with E-state index in [0.717, 1.165) is 6.54 Å². The average molecular weight is 211 g/mol. The first-order chi connectivity index (χ1) is 7.18. The molecule has 0 aliphatic heterocycles. The van der Waals surface area contributed by atoms with E-state index in [0.29, 0.717) is 6.54 Å². The highest BCUT2D eigenvalue weighted by atomic mass is 16.5. The van der Waals surface area contributed by atoms with Crippen molar-refractivity contribution in [3.63, 3.8) is 0 Å². The van der Waals surface area contributed by atoms with Gasteiger partial charge < -0.3 is 10.1 Å². The molecule has 0 aliphatic carbocycles. The number of esters is 1. The highest BCUT2D eigenvalue weighted by Gasteiger charge is 2.03. The quantitative estimate of drug-likeness (QED) is 0.547. The normalized spacial score (nSPS) is 10.6. The fourth-order valence-corrected chi connectivity index (χ4v) is 1.12. The number of hydrogen-bond acceptors (Lipinski definition) is 4. The summed E-state index contributed by atoms with van der Waals surface area (Å²) in [6, 6.07) is 1.87. The Kier molecular flexibility index (Phi) is 4.83. The van der Waals surface area contributed by atoms with Crippen LogP contribution in [0.2, 0.25) is 0 Å². The Bertz CT molecular complexity index is 283. The van der Waals surface area contributed by atoms with Crippen LogP contribution in [-0.2, 0) is 16.1 Å². The first-order valence-electron chi connectivity index (χ1n) is 5.06. The van der Waals surface area contributed by atoms with Crippen molar-refractivity contribution in [1.29, 1.82) is 0 Å². The second-order valence-electron chi connectivity index (χ2n) is 3.48. The predicted molar refractivity (Wildman–Crippen MR) is 56.3 cm³/mol. The van der Waals surface area contributed by atoms with Crippen molar-refractivity contribution in [3.05, 3.63) is 18.5 Å². The van der Waals surface area contributed by atoms with Crippen molar-refractivity contribution in [2.45, 2.75) is 26.5 Å².